The van der Waals surface area contributed by atoms with E-state index in [2.05, 4.69) is 22.8 Å². The van der Waals surface area contributed by atoms with Crippen LogP contribution in [-0.2, 0) is 27.3 Å². The standard InChI is InChI=1S/C28H37N3O4/c32-25-8-7-24(26(33)30-25)31-17-20-14-18(5-6-22(20)27(31)34)13-19-3-1-2-4-23(19)29-21-15-28(16-21)9-11-35-12-10-28/h5-6,14,19,21,23-24,29H,1-4,7-13,15-17H2,(H,30,32,33)/t19-,23+,24?/m1/s1. The number of nitrogens with one attached hydrogen (secondary N) is 2. The molecule has 7 nitrogen and oxygen atoms in total. The number of carbonyl (C=O) groups is 3. The third-order valence-corrected chi connectivity index (χ3v) is 9.36. The number of hydrogen-bond donors (Lipinski definition) is 2. The number of benzene rings is 1. The minimum absolute atomic E-state index is 0.0923. The summed E-state index contributed by atoms with van der Waals surface area (Å²) in [4.78, 5) is 38.5. The summed E-state index contributed by atoms with van der Waals surface area (Å²) in [6, 6.07) is 6.91. The summed E-state index contributed by atoms with van der Waals surface area (Å²) < 4.78 is 5.58. The van der Waals surface area contributed by atoms with Crippen molar-refractivity contribution in [3.05, 3.63) is 34.9 Å². The van der Waals surface area contributed by atoms with Gasteiger partial charge in [-0.2, -0.15) is 0 Å². The molecule has 1 unspecified atom stereocenters. The van der Waals surface area contributed by atoms with Crippen molar-refractivity contribution in [1.82, 2.24) is 15.5 Å². The maximum Gasteiger partial charge on any atom is 0.255 e. The van der Waals surface area contributed by atoms with Gasteiger partial charge in [0.15, 0.2) is 0 Å². The van der Waals surface area contributed by atoms with Crippen LogP contribution in [0, 0.1) is 11.3 Å². The van der Waals surface area contributed by atoms with Gasteiger partial charge in [0.1, 0.15) is 6.04 Å². The Kier molecular flexibility index (Phi) is 6.17. The third kappa shape index (κ3) is 4.53. The van der Waals surface area contributed by atoms with E-state index in [1.165, 1.54) is 56.9 Å². The summed E-state index contributed by atoms with van der Waals surface area (Å²) in [7, 11) is 0. The van der Waals surface area contributed by atoms with Crippen LogP contribution in [0.25, 0.3) is 0 Å². The van der Waals surface area contributed by atoms with Gasteiger partial charge in [-0.15, -0.1) is 0 Å². The Morgan fingerprint density at radius 3 is 2.66 bits per heavy atom. The highest BCUT2D eigenvalue weighted by Gasteiger charge is 2.46. The van der Waals surface area contributed by atoms with Gasteiger partial charge in [-0.05, 0) is 79.9 Å². The van der Waals surface area contributed by atoms with Crippen LogP contribution >= 0.6 is 0 Å². The normalized spacial score (nSPS) is 30.8. The molecule has 0 aromatic heterocycles. The molecule has 0 radical (unpaired) electrons. The number of hydrogen-bond acceptors (Lipinski definition) is 5. The molecular formula is C28H37N3O4. The van der Waals surface area contributed by atoms with Gasteiger partial charge in [0, 0.05) is 43.8 Å². The Hall–Kier alpha value is -2.25. The van der Waals surface area contributed by atoms with Crippen LogP contribution in [0.3, 0.4) is 0 Å². The molecule has 2 saturated heterocycles. The zero-order chi connectivity index (χ0) is 24.0. The Morgan fingerprint density at radius 1 is 1.06 bits per heavy atom. The zero-order valence-electron chi connectivity index (χ0n) is 20.5. The minimum atomic E-state index is -0.551. The molecule has 1 spiro atoms. The fourth-order valence-electron chi connectivity index (χ4n) is 7.35. The molecule has 1 aromatic rings. The highest BCUT2D eigenvalue weighted by molar-refractivity contribution is 6.05. The predicted molar refractivity (Wildman–Crippen MR) is 131 cm³/mol. The molecule has 35 heavy (non-hydrogen) atoms. The lowest BCUT2D eigenvalue weighted by molar-refractivity contribution is -0.136. The minimum Gasteiger partial charge on any atom is -0.381 e. The van der Waals surface area contributed by atoms with Gasteiger partial charge < -0.3 is 15.0 Å². The predicted octanol–water partition coefficient (Wildman–Crippen LogP) is 3.10. The monoisotopic (exact) mass is 479 g/mol. The Balaban J connectivity index is 1.09. The molecule has 3 atom stereocenters. The quantitative estimate of drug-likeness (QED) is 0.634. The molecule has 1 aromatic carbocycles. The first-order valence-electron chi connectivity index (χ1n) is 13.6. The zero-order valence-corrected chi connectivity index (χ0v) is 20.5. The summed E-state index contributed by atoms with van der Waals surface area (Å²) in [5.41, 5.74) is 3.54. The van der Waals surface area contributed by atoms with E-state index in [0.717, 1.165) is 25.2 Å². The molecule has 7 heteroatoms. The van der Waals surface area contributed by atoms with Crippen LogP contribution in [-0.4, -0.2) is 54.0 Å². The van der Waals surface area contributed by atoms with Gasteiger partial charge in [0.25, 0.3) is 5.91 Å². The molecule has 6 rings (SSSR count). The molecule has 5 aliphatic rings. The Bertz CT molecular complexity index is 1010. The SMILES string of the molecule is O=C1CCC(N2Cc3cc(C[C@H]4CCCC[C@@H]4NC4CC5(CCOCC5)C4)ccc3C2=O)C(=O)N1. The number of amides is 3. The van der Waals surface area contributed by atoms with E-state index in [1.807, 2.05) is 6.07 Å². The van der Waals surface area contributed by atoms with E-state index in [4.69, 9.17) is 4.74 Å². The number of fused-ring (bicyclic) bond motifs is 1. The molecule has 188 valence electrons. The van der Waals surface area contributed by atoms with Crippen molar-refractivity contribution >= 4 is 17.7 Å². The van der Waals surface area contributed by atoms with Crippen LogP contribution in [0.4, 0.5) is 0 Å². The molecule has 2 N–H and O–H groups in total. The molecule has 2 aliphatic carbocycles. The average molecular weight is 480 g/mol. The molecule has 4 fully saturated rings. The number of imide groups is 1. The van der Waals surface area contributed by atoms with Crippen LogP contribution in [0.1, 0.15) is 85.7 Å². The molecule has 3 aliphatic heterocycles. The summed E-state index contributed by atoms with van der Waals surface area (Å²) >= 11 is 0. The van der Waals surface area contributed by atoms with E-state index in [9.17, 15) is 14.4 Å². The first-order valence-corrected chi connectivity index (χ1v) is 13.6. The molecule has 3 amide bonds. The molecule has 2 saturated carbocycles. The summed E-state index contributed by atoms with van der Waals surface area (Å²) in [5, 5.41) is 6.42. The second-order valence-electron chi connectivity index (χ2n) is 11.6. The van der Waals surface area contributed by atoms with E-state index in [0.29, 0.717) is 41.9 Å². The van der Waals surface area contributed by atoms with Gasteiger partial charge in [-0.1, -0.05) is 25.0 Å². The number of nitrogens with zero attached hydrogens (tertiary/aromatic N) is 1. The van der Waals surface area contributed by atoms with Gasteiger partial charge in [-0.3, -0.25) is 19.7 Å². The van der Waals surface area contributed by atoms with Gasteiger partial charge in [0.2, 0.25) is 11.8 Å². The fourth-order valence-corrected chi connectivity index (χ4v) is 7.35. The van der Waals surface area contributed by atoms with Crippen LogP contribution in [0.5, 0.6) is 0 Å². The Morgan fingerprint density at radius 2 is 1.86 bits per heavy atom. The topological polar surface area (TPSA) is 87.7 Å². The molecular weight excluding hydrogens is 442 g/mol. The second-order valence-corrected chi connectivity index (χ2v) is 11.6. The maximum absolute atomic E-state index is 13.0. The number of piperidine rings is 1. The van der Waals surface area contributed by atoms with E-state index in [1.54, 1.807) is 4.90 Å². The van der Waals surface area contributed by atoms with Crippen molar-refractivity contribution in [2.45, 2.75) is 95.3 Å². The van der Waals surface area contributed by atoms with Crippen molar-refractivity contribution in [3.63, 3.8) is 0 Å². The number of ether oxygens (including phenoxy) is 1. The smallest absolute Gasteiger partial charge is 0.255 e. The van der Waals surface area contributed by atoms with Crippen molar-refractivity contribution in [1.29, 1.82) is 0 Å². The lowest BCUT2D eigenvalue weighted by Crippen LogP contribution is -2.55. The number of carbonyl (C=O) groups excluding carboxylic acids is 3. The second kappa shape index (κ2) is 9.32. The van der Waals surface area contributed by atoms with Gasteiger partial charge in [0.05, 0.1) is 0 Å². The van der Waals surface area contributed by atoms with Gasteiger partial charge in [-0.25, -0.2) is 0 Å². The maximum atomic E-state index is 13.0. The summed E-state index contributed by atoms with van der Waals surface area (Å²) in [5.74, 6) is -0.0721. The van der Waals surface area contributed by atoms with Crippen molar-refractivity contribution in [3.8, 4) is 0 Å². The fraction of sp³-hybridized carbons (Fsp3) is 0.679. The summed E-state index contributed by atoms with van der Waals surface area (Å²) in [6.45, 7) is 2.32. The van der Waals surface area contributed by atoms with Crippen LogP contribution in [0.15, 0.2) is 18.2 Å². The van der Waals surface area contributed by atoms with E-state index >= 15 is 0 Å². The third-order valence-electron chi connectivity index (χ3n) is 9.36. The van der Waals surface area contributed by atoms with E-state index < -0.39 is 6.04 Å². The lowest BCUT2D eigenvalue weighted by atomic mass is 9.61. The Labute approximate surface area is 207 Å². The van der Waals surface area contributed by atoms with Crippen molar-refractivity contribution < 1.29 is 19.1 Å². The van der Waals surface area contributed by atoms with E-state index in [-0.39, 0.29) is 24.1 Å². The first kappa shape index (κ1) is 23.2. The molecule has 0 bridgehead atoms. The summed E-state index contributed by atoms with van der Waals surface area (Å²) in [6.07, 6.45) is 11.9. The largest absolute Gasteiger partial charge is 0.381 e. The van der Waals surface area contributed by atoms with Crippen LogP contribution < -0.4 is 10.6 Å². The van der Waals surface area contributed by atoms with Crippen molar-refractivity contribution in [2.24, 2.45) is 11.3 Å². The molecule has 3 heterocycles. The lowest BCUT2D eigenvalue weighted by Gasteiger charge is -2.52. The first-order chi connectivity index (χ1) is 17.0. The highest BCUT2D eigenvalue weighted by atomic mass is 16.5. The van der Waals surface area contributed by atoms with Crippen LogP contribution in [0.2, 0.25) is 0 Å². The highest BCUT2D eigenvalue weighted by Crippen LogP contribution is 2.49. The van der Waals surface area contributed by atoms with Crippen molar-refractivity contribution in [2.75, 3.05) is 13.2 Å². The number of rotatable bonds is 5. The average Bonchev–Trinajstić information content (AvgIpc) is 3.15. The van der Waals surface area contributed by atoms with Gasteiger partial charge >= 0.3 is 0 Å².